The van der Waals surface area contributed by atoms with E-state index in [-0.39, 0.29) is 0 Å². The van der Waals surface area contributed by atoms with Gasteiger partial charge in [0.25, 0.3) is 0 Å². The second-order valence-corrected chi connectivity index (χ2v) is 4.97. The van der Waals surface area contributed by atoms with E-state index in [9.17, 15) is 0 Å². The Morgan fingerprint density at radius 2 is 1.40 bits per heavy atom. The molecule has 0 unspecified atom stereocenters. The number of hydrogen-bond acceptors (Lipinski definition) is 2. The molecule has 0 bridgehead atoms. The standard InChI is InChI=1S/C13H28N2/c1-13-8-5-3-2-4-6-9-14-10-7-11-15-12-13/h13-15H,2-12H2,1H3/t13-/m1/s1. The van der Waals surface area contributed by atoms with Gasteiger partial charge in [0.05, 0.1) is 0 Å². The van der Waals surface area contributed by atoms with Crippen LogP contribution in [0.1, 0.15) is 51.9 Å². The Morgan fingerprint density at radius 1 is 0.733 bits per heavy atom. The van der Waals surface area contributed by atoms with Crippen LogP contribution in [-0.2, 0) is 0 Å². The second-order valence-electron chi connectivity index (χ2n) is 4.97. The molecule has 1 aliphatic rings. The Hall–Kier alpha value is -0.0800. The molecule has 90 valence electrons. The van der Waals surface area contributed by atoms with E-state index >= 15 is 0 Å². The van der Waals surface area contributed by atoms with Gasteiger partial charge in [0, 0.05) is 0 Å². The van der Waals surface area contributed by atoms with Crippen molar-refractivity contribution in [3.63, 3.8) is 0 Å². The smallest absolute Gasteiger partial charge is 0.00231 e. The molecular weight excluding hydrogens is 184 g/mol. The van der Waals surface area contributed by atoms with Crippen molar-refractivity contribution in [3.8, 4) is 0 Å². The van der Waals surface area contributed by atoms with Crippen LogP contribution in [0.5, 0.6) is 0 Å². The topological polar surface area (TPSA) is 24.1 Å². The third kappa shape index (κ3) is 7.80. The summed E-state index contributed by atoms with van der Waals surface area (Å²) in [6, 6.07) is 0. The number of hydrogen-bond donors (Lipinski definition) is 2. The highest BCUT2D eigenvalue weighted by Crippen LogP contribution is 2.10. The third-order valence-corrected chi connectivity index (χ3v) is 3.25. The third-order valence-electron chi connectivity index (χ3n) is 3.25. The maximum atomic E-state index is 3.55. The zero-order valence-electron chi connectivity index (χ0n) is 10.4. The first-order valence-electron chi connectivity index (χ1n) is 6.81. The largest absolute Gasteiger partial charge is 0.317 e. The van der Waals surface area contributed by atoms with E-state index in [2.05, 4.69) is 17.6 Å². The molecule has 0 aliphatic carbocycles. The van der Waals surface area contributed by atoms with Crippen molar-refractivity contribution < 1.29 is 0 Å². The average Bonchev–Trinajstić information content (AvgIpc) is 2.24. The molecule has 1 aliphatic heterocycles. The summed E-state index contributed by atoms with van der Waals surface area (Å²) in [4.78, 5) is 0. The number of rotatable bonds is 0. The van der Waals surface area contributed by atoms with Crippen molar-refractivity contribution in [3.05, 3.63) is 0 Å². The summed E-state index contributed by atoms with van der Waals surface area (Å²) in [5, 5.41) is 7.06. The predicted octanol–water partition coefficient (Wildman–Crippen LogP) is 2.55. The van der Waals surface area contributed by atoms with Gasteiger partial charge in [-0.2, -0.15) is 0 Å². The summed E-state index contributed by atoms with van der Waals surface area (Å²) < 4.78 is 0. The molecule has 2 N–H and O–H groups in total. The molecule has 1 saturated heterocycles. The van der Waals surface area contributed by atoms with Crippen molar-refractivity contribution in [2.75, 3.05) is 26.2 Å². The summed E-state index contributed by atoms with van der Waals surface area (Å²) >= 11 is 0. The van der Waals surface area contributed by atoms with Crippen molar-refractivity contribution in [1.29, 1.82) is 0 Å². The lowest BCUT2D eigenvalue weighted by atomic mass is 10.0. The van der Waals surface area contributed by atoms with E-state index < -0.39 is 0 Å². The van der Waals surface area contributed by atoms with Gasteiger partial charge in [-0.3, -0.25) is 0 Å². The minimum Gasteiger partial charge on any atom is -0.317 e. The zero-order chi connectivity index (χ0) is 10.8. The normalized spacial score (nSPS) is 28.2. The highest BCUT2D eigenvalue weighted by molar-refractivity contribution is 4.60. The Balaban J connectivity index is 2.10. The molecule has 0 spiro atoms. The minimum atomic E-state index is 0.862. The van der Waals surface area contributed by atoms with Crippen LogP contribution < -0.4 is 10.6 Å². The lowest BCUT2D eigenvalue weighted by Gasteiger charge is -2.13. The van der Waals surface area contributed by atoms with Crippen LogP contribution in [0.25, 0.3) is 0 Å². The van der Waals surface area contributed by atoms with Crippen molar-refractivity contribution in [2.24, 2.45) is 5.92 Å². The van der Waals surface area contributed by atoms with E-state index in [4.69, 9.17) is 0 Å². The predicted molar refractivity (Wildman–Crippen MR) is 67.2 cm³/mol. The molecule has 0 amide bonds. The van der Waals surface area contributed by atoms with Crippen LogP contribution >= 0.6 is 0 Å². The Bertz CT molecular complexity index is 122. The van der Waals surface area contributed by atoms with E-state index in [1.807, 2.05) is 0 Å². The molecular formula is C13H28N2. The minimum absolute atomic E-state index is 0.862. The van der Waals surface area contributed by atoms with Crippen LogP contribution in [0.3, 0.4) is 0 Å². The molecule has 2 nitrogen and oxygen atoms in total. The van der Waals surface area contributed by atoms with Crippen molar-refractivity contribution in [2.45, 2.75) is 51.9 Å². The molecule has 0 radical (unpaired) electrons. The van der Waals surface area contributed by atoms with Crippen LogP contribution in [0, 0.1) is 5.92 Å². The molecule has 1 fully saturated rings. The first kappa shape index (κ1) is 13.0. The van der Waals surface area contributed by atoms with Crippen LogP contribution in [-0.4, -0.2) is 26.2 Å². The van der Waals surface area contributed by atoms with Gasteiger partial charge >= 0.3 is 0 Å². The van der Waals surface area contributed by atoms with Crippen molar-refractivity contribution in [1.82, 2.24) is 10.6 Å². The SMILES string of the molecule is C[C@@H]1CCCCCCCNCCCNC1. The molecule has 0 saturated carbocycles. The summed E-state index contributed by atoms with van der Waals surface area (Å²) in [5.74, 6) is 0.862. The van der Waals surface area contributed by atoms with Crippen LogP contribution in [0.4, 0.5) is 0 Å². The van der Waals surface area contributed by atoms with Gasteiger partial charge in [-0.15, -0.1) is 0 Å². The lowest BCUT2D eigenvalue weighted by Crippen LogP contribution is -2.26. The van der Waals surface area contributed by atoms with Gasteiger partial charge in [-0.25, -0.2) is 0 Å². The number of nitrogens with one attached hydrogen (secondary N) is 2. The summed E-state index contributed by atoms with van der Waals surface area (Å²) in [7, 11) is 0. The van der Waals surface area contributed by atoms with Gasteiger partial charge < -0.3 is 10.6 Å². The highest BCUT2D eigenvalue weighted by atomic mass is 14.9. The Labute approximate surface area is 95.2 Å². The molecule has 1 heterocycles. The lowest BCUT2D eigenvalue weighted by molar-refractivity contribution is 0.440. The molecule has 0 aromatic heterocycles. The molecule has 1 atom stereocenters. The highest BCUT2D eigenvalue weighted by Gasteiger charge is 2.01. The van der Waals surface area contributed by atoms with E-state index in [0.717, 1.165) is 5.92 Å². The van der Waals surface area contributed by atoms with E-state index in [1.165, 1.54) is 71.1 Å². The Kier molecular flexibility index (Phi) is 7.94. The molecule has 15 heavy (non-hydrogen) atoms. The average molecular weight is 212 g/mol. The van der Waals surface area contributed by atoms with Gasteiger partial charge in [0.2, 0.25) is 0 Å². The monoisotopic (exact) mass is 212 g/mol. The second kappa shape index (κ2) is 9.17. The fourth-order valence-electron chi connectivity index (χ4n) is 2.19. The maximum Gasteiger partial charge on any atom is -0.00231 e. The maximum absolute atomic E-state index is 3.55. The Morgan fingerprint density at radius 3 is 2.33 bits per heavy atom. The quantitative estimate of drug-likeness (QED) is 0.645. The van der Waals surface area contributed by atoms with Gasteiger partial charge in [-0.05, 0) is 51.4 Å². The fourth-order valence-corrected chi connectivity index (χ4v) is 2.19. The van der Waals surface area contributed by atoms with Gasteiger partial charge in [0.15, 0.2) is 0 Å². The molecule has 1 rings (SSSR count). The van der Waals surface area contributed by atoms with E-state index in [1.54, 1.807) is 0 Å². The summed E-state index contributed by atoms with van der Waals surface area (Å²) in [5.41, 5.74) is 0. The van der Waals surface area contributed by atoms with Crippen LogP contribution in [0.2, 0.25) is 0 Å². The first-order chi connectivity index (χ1) is 7.39. The van der Waals surface area contributed by atoms with Crippen LogP contribution in [0.15, 0.2) is 0 Å². The van der Waals surface area contributed by atoms with Crippen molar-refractivity contribution >= 4 is 0 Å². The first-order valence-corrected chi connectivity index (χ1v) is 6.81. The van der Waals surface area contributed by atoms with Gasteiger partial charge in [0.1, 0.15) is 0 Å². The molecule has 2 heteroatoms. The zero-order valence-corrected chi connectivity index (χ0v) is 10.4. The van der Waals surface area contributed by atoms with Gasteiger partial charge in [-0.1, -0.05) is 32.6 Å². The van der Waals surface area contributed by atoms with E-state index in [0.29, 0.717) is 0 Å². The summed E-state index contributed by atoms with van der Waals surface area (Å²) in [6.45, 7) is 7.16. The fraction of sp³-hybridized carbons (Fsp3) is 1.00. The summed E-state index contributed by atoms with van der Waals surface area (Å²) in [6.07, 6.45) is 9.75. The molecule has 0 aromatic carbocycles. The molecule has 0 aromatic rings.